The topological polar surface area (TPSA) is 127 Å². The Hall–Kier alpha value is -2.85. The Morgan fingerprint density at radius 2 is 1.81 bits per heavy atom. The lowest BCUT2D eigenvalue weighted by molar-refractivity contribution is -0.382. The number of amidine groups is 1. The van der Waals surface area contributed by atoms with E-state index in [9.17, 15) is 18.0 Å². The molecule has 3 rings (SSSR count). The van der Waals surface area contributed by atoms with Crippen LogP contribution in [0, 0.1) is 5.92 Å². The van der Waals surface area contributed by atoms with Crippen molar-refractivity contribution in [3.8, 4) is 0 Å². The molecule has 2 aliphatic rings. The van der Waals surface area contributed by atoms with E-state index >= 15 is 0 Å². The monoisotopic (exact) mass is 390 g/mol. The minimum atomic E-state index is -3.71. The predicted octanol–water partition coefficient (Wildman–Crippen LogP) is -1.54. The number of primary sulfonamides is 1. The molecular weight excluding hydrogens is 370 g/mol. The van der Waals surface area contributed by atoms with Crippen molar-refractivity contribution in [1.29, 1.82) is 0 Å². The molecule has 0 saturated carbocycles. The number of allylic oxidation sites excluding steroid dienone is 1. The van der Waals surface area contributed by atoms with E-state index in [1.54, 1.807) is 31.5 Å². The third kappa shape index (κ3) is 3.67. The fraction of sp³-hybridized carbons (Fsp3) is 0.294. The number of amides is 3. The number of nitrogens with one attached hydrogen (secondary N) is 1. The van der Waals surface area contributed by atoms with E-state index in [2.05, 4.69) is 9.98 Å². The lowest BCUT2D eigenvalue weighted by Crippen LogP contribution is -2.79. The fourth-order valence-corrected chi connectivity index (χ4v) is 3.50. The van der Waals surface area contributed by atoms with Crippen LogP contribution in [0.1, 0.15) is 5.56 Å². The lowest BCUT2D eigenvalue weighted by atomic mass is 9.95. The molecule has 0 bridgehead atoms. The summed E-state index contributed by atoms with van der Waals surface area (Å²) in [4.78, 5) is 34.6. The molecule has 1 unspecified atom stereocenters. The number of hydrogen-bond donors (Lipinski definition) is 2. The van der Waals surface area contributed by atoms with Crippen LogP contribution in [0.25, 0.3) is 0 Å². The number of fused-ring (bicyclic) bond motifs is 1. The second kappa shape index (κ2) is 7.05. The maximum atomic E-state index is 12.5. The average Bonchev–Trinajstić information content (AvgIpc) is 2.64. The number of carbonyl (C=O) groups excluding carboxylic acids is 2. The summed E-state index contributed by atoms with van der Waals surface area (Å²) in [5.74, 6) is -0.490. The van der Waals surface area contributed by atoms with Crippen LogP contribution >= 0.6 is 0 Å². The number of rotatable bonds is 4. The van der Waals surface area contributed by atoms with Crippen LogP contribution in [-0.4, -0.2) is 62.3 Å². The summed E-state index contributed by atoms with van der Waals surface area (Å²) in [6.07, 6.45) is 3.93. The smallest absolute Gasteiger partial charge is 0.288 e. The minimum Gasteiger partial charge on any atom is -0.288 e. The molecule has 1 saturated heterocycles. The van der Waals surface area contributed by atoms with Crippen molar-refractivity contribution in [2.24, 2.45) is 16.0 Å². The first-order chi connectivity index (χ1) is 12.7. The molecule has 1 aromatic rings. The molecule has 0 aliphatic carbocycles. The second-order valence-electron chi connectivity index (χ2n) is 6.28. The van der Waals surface area contributed by atoms with Crippen LogP contribution in [-0.2, 0) is 21.2 Å². The van der Waals surface area contributed by atoms with Crippen molar-refractivity contribution < 1.29 is 23.0 Å². The molecule has 1 fully saturated rings. The third-order valence-electron chi connectivity index (χ3n) is 4.51. The summed E-state index contributed by atoms with van der Waals surface area (Å²) in [6, 6.07) is 5.87. The maximum Gasteiger partial charge on any atom is 0.417 e. The van der Waals surface area contributed by atoms with Crippen LogP contribution in [0.5, 0.6) is 0 Å². The molecule has 142 valence electrons. The van der Waals surface area contributed by atoms with E-state index < -0.39 is 22.0 Å². The standard InChI is InChI=1S/C17H19N5O4S/c1-21-15-14(16(23)22(2)17(21)24)13(8-10-20-15)19-9-7-11-3-5-12(6-4-11)27(18,25)26/h3-6,8,10,14H,7,9H2,1-2H3,(H2,18,25,26)/p+1. The Kier molecular flexibility index (Phi) is 4.94. The Labute approximate surface area is 156 Å². The highest BCUT2D eigenvalue weighted by Crippen LogP contribution is 2.18. The summed E-state index contributed by atoms with van der Waals surface area (Å²) in [5.41, 5.74) is 1.47. The normalized spacial score (nSPS) is 21.5. The number of aliphatic imine (C=N–C) groups is 1. The van der Waals surface area contributed by atoms with Crippen molar-refractivity contribution in [2.75, 3.05) is 20.6 Å². The Morgan fingerprint density at radius 3 is 2.44 bits per heavy atom. The Bertz CT molecular complexity index is 979. The molecule has 27 heavy (non-hydrogen) atoms. The number of imide groups is 1. The summed E-state index contributed by atoms with van der Waals surface area (Å²) < 4.78 is 22.6. The molecule has 9 nitrogen and oxygen atoms in total. The number of nitrogens with zero attached hydrogens (tertiary/aromatic N) is 3. The molecule has 0 radical (unpaired) electrons. The number of sulfonamides is 1. The zero-order valence-corrected chi connectivity index (χ0v) is 15.7. The minimum absolute atomic E-state index is 0.0571. The van der Waals surface area contributed by atoms with E-state index in [1.165, 1.54) is 24.1 Å². The van der Waals surface area contributed by atoms with E-state index in [0.717, 1.165) is 10.5 Å². The molecule has 0 aromatic heterocycles. The van der Waals surface area contributed by atoms with Crippen molar-refractivity contribution >= 4 is 33.5 Å². The van der Waals surface area contributed by atoms with Crippen molar-refractivity contribution in [3.05, 3.63) is 42.1 Å². The van der Waals surface area contributed by atoms with E-state index in [4.69, 9.17) is 5.14 Å². The average molecular weight is 390 g/mol. The summed E-state index contributed by atoms with van der Waals surface area (Å²) >= 11 is 0. The molecule has 1 aromatic carbocycles. The Balaban J connectivity index is 1.74. The van der Waals surface area contributed by atoms with E-state index in [-0.39, 0.29) is 10.8 Å². The molecule has 3 N–H and O–H groups in total. The van der Waals surface area contributed by atoms with Crippen molar-refractivity contribution in [1.82, 2.24) is 9.80 Å². The largest absolute Gasteiger partial charge is 0.417 e. The van der Waals surface area contributed by atoms with Gasteiger partial charge < -0.3 is 0 Å². The molecule has 10 heteroatoms. The van der Waals surface area contributed by atoms with E-state index in [0.29, 0.717) is 24.5 Å². The van der Waals surface area contributed by atoms with Crippen molar-refractivity contribution in [3.63, 3.8) is 0 Å². The number of urea groups is 1. The molecule has 1 atom stereocenters. The Morgan fingerprint density at radius 1 is 1.15 bits per heavy atom. The lowest BCUT2D eigenvalue weighted by Gasteiger charge is -2.31. The molecule has 2 aliphatic heterocycles. The summed E-state index contributed by atoms with van der Waals surface area (Å²) in [6.45, 7) is 0.410. The SMILES string of the molecule is CN1C(=O)C2C(=NCCc3ccc(S(N)(=O)=O)cc3)C=C[NH+]=C2N(C)C1=O. The van der Waals surface area contributed by atoms with E-state index in [1.807, 2.05) is 0 Å². The molecule has 2 heterocycles. The number of benzene rings is 1. The predicted molar refractivity (Wildman–Crippen MR) is 98.3 cm³/mol. The highest BCUT2D eigenvalue weighted by Gasteiger charge is 2.49. The third-order valence-corrected chi connectivity index (χ3v) is 5.44. The van der Waals surface area contributed by atoms with Crippen molar-refractivity contribution in [2.45, 2.75) is 11.3 Å². The summed E-state index contributed by atoms with van der Waals surface area (Å²) in [5, 5.41) is 5.08. The van der Waals surface area contributed by atoms with Crippen LogP contribution in [0.4, 0.5) is 4.79 Å². The van der Waals surface area contributed by atoms with Gasteiger partial charge in [0.15, 0.2) is 5.92 Å². The van der Waals surface area contributed by atoms with Gasteiger partial charge in [-0.05, 0) is 30.2 Å². The van der Waals surface area contributed by atoms with Gasteiger partial charge in [0.25, 0.3) is 11.7 Å². The molecule has 0 spiro atoms. The van der Waals surface area contributed by atoms with Gasteiger partial charge in [-0.1, -0.05) is 12.1 Å². The van der Waals surface area contributed by atoms with Gasteiger partial charge in [0.1, 0.15) is 0 Å². The fourth-order valence-electron chi connectivity index (χ4n) is 2.99. The summed E-state index contributed by atoms with van der Waals surface area (Å²) in [7, 11) is -0.665. The van der Waals surface area contributed by atoms with Crippen LogP contribution in [0.15, 0.2) is 46.4 Å². The van der Waals surface area contributed by atoms with Gasteiger partial charge in [-0.25, -0.2) is 28.2 Å². The van der Waals surface area contributed by atoms with Gasteiger partial charge >= 0.3 is 6.03 Å². The van der Waals surface area contributed by atoms with Gasteiger partial charge in [0, 0.05) is 13.6 Å². The van der Waals surface area contributed by atoms with Crippen LogP contribution in [0.2, 0.25) is 0 Å². The van der Waals surface area contributed by atoms with Gasteiger partial charge in [0.05, 0.1) is 23.9 Å². The number of carbonyl (C=O) groups is 2. The number of hydrogen-bond acceptors (Lipinski definition) is 5. The van der Waals surface area contributed by atoms with Crippen LogP contribution in [0.3, 0.4) is 0 Å². The first-order valence-corrected chi connectivity index (χ1v) is 9.76. The van der Waals surface area contributed by atoms with Gasteiger partial charge in [-0.2, -0.15) is 4.90 Å². The van der Waals surface area contributed by atoms with Gasteiger partial charge in [-0.3, -0.25) is 9.79 Å². The molecular formula is C17H20N5O4S+. The quantitative estimate of drug-likeness (QED) is 0.646. The number of nitrogens with two attached hydrogens (primary N) is 1. The zero-order valence-electron chi connectivity index (χ0n) is 14.9. The first-order valence-electron chi connectivity index (χ1n) is 8.21. The van der Waals surface area contributed by atoms with Crippen LogP contribution < -0.4 is 10.1 Å². The maximum absolute atomic E-state index is 12.5. The highest BCUT2D eigenvalue weighted by atomic mass is 32.2. The zero-order chi connectivity index (χ0) is 19.8. The molecule has 3 amide bonds. The first kappa shape index (κ1) is 18.9. The highest BCUT2D eigenvalue weighted by molar-refractivity contribution is 7.89. The van der Waals surface area contributed by atoms with Gasteiger partial charge in [-0.15, -0.1) is 0 Å². The van der Waals surface area contributed by atoms with Gasteiger partial charge in [0.2, 0.25) is 10.0 Å². The second-order valence-corrected chi connectivity index (χ2v) is 7.84.